The van der Waals surface area contributed by atoms with Crippen molar-refractivity contribution in [1.29, 1.82) is 0 Å². The topological polar surface area (TPSA) is 62.7 Å². The summed E-state index contributed by atoms with van der Waals surface area (Å²) < 4.78 is 21.0. The Morgan fingerprint density at radius 3 is 2.30 bits per heavy atom. The van der Waals surface area contributed by atoms with E-state index < -0.39 is 0 Å². The number of aromatic nitrogens is 2. The number of benzene rings is 1. The summed E-state index contributed by atoms with van der Waals surface area (Å²) in [6.45, 7) is 1.80. The van der Waals surface area contributed by atoms with E-state index in [0.717, 1.165) is 10.9 Å². The molecule has 0 aliphatic heterocycles. The minimum absolute atomic E-state index is 0.285. The summed E-state index contributed by atoms with van der Waals surface area (Å²) in [4.78, 5) is 8.61. The summed E-state index contributed by atoms with van der Waals surface area (Å²) in [6, 6.07) is 7.92. The van der Waals surface area contributed by atoms with Gasteiger partial charge >= 0.3 is 6.01 Å². The maximum absolute atomic E-state index is 5.62. The second-order valence-corrected chi connectivity index (χ2v) is 4.01. The number of para-hydroxylation sites is 1. The van der Waals surface area contributed by atoms with Crippen LogP contribution in [0.2, 0.25) is 0 Å². The van der Waals surface area contributed by atoms with E-state index >= 15 is 0 Å². The van der Waals surface area contributed by atoms with Gasteiger partial charge in [-0.2, -0.15) is 9.97 Å². The molecule has 1 aromatic heterocycles. The van der Waals surface area contributed by atoms with Gasteiger partial charge in [0, 0.05) is 14.2 Å². The minimum Gasteiger partial charge on any atom is -0.475 e. The van der Waals surface area contributed by atoms with Gasteiger partial charge in [0.15, 0.2) is 0 Å². The van der Waals surface area contributed by atoms with Gasteiger partial charge in [-0.3, -0.25) is 0 Å². The Morgan fingerprint density at radius 2 is 1.55 bits per heavy atom. The third kappa shape index (κ3) is 3.79. The number of methoxy groups -OCH3 is 2. The van der Waals surface area contributed by atoms with E-state index in [-0.39, 0.29) is 6.01 Å². The fraction of sp³-hybridized carbons (Fsp3) is 0.429. The lowest BCUT2D eigenvalue weighted by Gasteiger charge is -2.10. The van der Waals surface area contributed by atoms with Crippen LogP contribution in [0, 0.1) is 0 Å². The Kier molecular flexibility index (Phi) is 5.52. The van der Waals surface area contributed by atoms with Gasteiger partial charge in [-0.05, 0) is 12.1 Å². The van der Waals surface area contributed by atoms with Gasteiger partial charge in [0.1, 0.15) is 13.2 Å². The number of ether oxygens (including phenoxy) is 4. The minimum atomic E-state index is 0.285. The summed E-state index contributed by atoms with van der Waals surface area (Å²) in [5, 5.41) is 0.850. The van der Waals surface area contributed by atoms with Crippen molar-refractivity contribution >= 4 is 10.9 Å². The van der Waals surface area contributed by atoms with Crippen LogP contribution >= 0.6 is 0 Å². The Hall–Kier alpha value is -1.92. The smallest absolute Gasteiger partial charge is 0.320 e. The molecule has 0 bridgehead atoms. The van der Waals surface area contributed by atoms with Crippen molar-refractivity contribution in [3.63, 3.8) is 0 Å². The van der Waals surface area contributed by atoms with Crippen molar-refractivity contribution in [1.82, 2.24) is 9.97 Å². The molecule has 6 nitrogen and oxygen atoms in total. The average molecular weight is 278 g/mol. The highest BCUT2D eigenvalue weighted by Gasteiger charge is 2.09. The average Bonchev–Trinajstić information content (AvgIpc) is 2.48. The van der Waals surface area contributed by atoms with Crippen LogP contribution < -0.4 is 9.47 Å². The van der Waals surface area contributed by atoms with Crippen molar-refractivity contribution in [2.75, 3.05) is 40.6 Å². The second-order valence-electron chi connectivity index (χ2n) is 4.01. The van der Waals surface area contributed by atoms with E-state index in [9.17, 15) is 0 Å². The first-order valence-electron chi connectivity index (χ1n) is 6.35. The molecule has 1 heterocycles. The number of nitrogens with zero attached hydrogens (tertiary/aromatic N) is 2. The predicted molar refractivity (Wildman–Crippen MR) is 74.3 cm³/mol. The molecule has 1 aromatic carbocycles. The first-order chi connectivity index (χ1) is 9.85. The molecule has 2 aromatic rings. The molecule has 2 rings (SSSR count). The molecule has 0 unspecified atom stereocenters. The third-order valence-corrected chi connectivity index (χ3v) is 2.59. The molecular weight excluding hydrogens is 260 g/mol. The molecule has 0 saturated carbocycles. The van der Waals surface area contributed by atoms with Gasteiger partial charge in [0.2, 0.25) is 5.88 Å². The van der Waals surface area contributed by atoms with Crippen molar-refractivity contribution in [2.24, 2.45) is 0 Å². The highest BCUT2D eigenvalue weighted by Crippen LogP contribution is 2.24. The van der Waals surface area contributed by atoms with Crippen LogP contribution in [0.25, 0.3) is 10.9 Å². The normalized spacial score (nSPS) is 10.7. The second kappa shape index (κ2) is 7.62. The van der Waals surface area contributed by atoms with Crippen molar-refractivity contribution in [3.8, 4) is 11.9 Å². The molecule has 0 saturated heterocycles. The van der Waals surface area contributed by atoms with Crippen molar-refractivity contribution < 1.29 is 18.9 Å². The van der Waals surface area contributed by atoms with Crippen molar-refractivity contribution in [2.45, 2.75) is 0 Å². The van der Waals surface area contributed by atoms with E-state index in [2.05, 4.69) is 9.97 Å². The monoisotopic (exact) mass is 278 g/mol. The Morgan fingerprint density at radius 1 is 0.850 bits per heavy atom. The van der Waals surface area contributed by atoms with Gasteiger partial charge in [-0.1, -0.05) is 12.1 Å². The number of hydrogen-bond donors (Lipinski definition) is 0. The number of rotatable bonds is 8. The molecule has 0 N–H and O–H groups in total. The molecule has 0 radical (unpaired) electrons. The van der Waals surface area contributed by atoms with E-state index in [0.29, 0.717) is 32.3 Å². The fourth-order valence-corrected chi connectivity index (χ4v) is 1.64. The lowest BCUT2D eigenvalue weighted by Crippen LogP contribution is -2.09. The zero-order valence-corrected chi connectivity index (χ0v) is 11.7. The number of hydrogen-bond acceptors (Lipinski definition) is 6. The highest BCUT2D eigenvalue weighted by atomic mass is 16.5. The summed E-state index contributed by atoms with van der Waals surface area (Å²) in [6.07, 6.45) is 0. The van der Waals surface area contributed by atoms with Gasteiger partial charge in [-0.25, -0.2) is 0 Å². The van der Waals surface area contributed by atoms with Gasteiger partial charge < -0.3 is 18.9 Å². The van der Waals surface area contributed by atoms with Gasteiger partial charge in [0.25, 0.3) is 0 Å². The summed E-state index contributed by atoms with van der Waals surface area (Å²) in [7, 11) is 3.24. The standard InChI is InChI=1S/C14H18N2O4/c1-17-7-9-19-13-11-5-3-4-6-12(11)15-14(16-13)20-10-8-18-2/h3-6H,7-10H2,1-2H3. The predicted octanol–water partition coefficient (Wildman–Crippen LogP) is 1.68. The molecule has 0 aliphatic carbocycles. The van der Waals surface area contributed by atoms with Crippen LogP contribution in [0.5, 0.6) is 11.9 Å². The van der Waals surface area contributed by atoms with Crippen LogP contribution in [-0.4, -0.2) is 50.6 Å². The van der Waals surface area contributed by atoms with Crippen molar-refractivity contribution in [3.05, 3.63) is 24.3 Å². The summed E-state index contributed by atoms with van der Waals surface area (Å²) in [5.74, 6) is 0.500. The van der Waals surface area contributed by atoms with E-state index in [1.54, 1.807) is 14.2 Å². The quantitative estimate of drug-likeness (QED) is 0.685. The molecular formula is C14H18N2O4. The number of fused-ring (bicyclic) bond motifs is 1. The third-order valence-electron chi connectivity index (χ3n) is 2.59. The maximum atomic E-state index is 5.62. The Bertz CT molecular complexity index is 548. The lowest BCUT2D eigenvalue weighted by molar-refractivity contribution is 0.135. The van der Waals surface area contributed by atoms with Gasteiger partial charge in [0.05, 0.1) is 24.1 Å². The van der Waals surface area contributed by atoms with Crippen LogP contribution in [0.15, 0.2) is 24.3 Å². The van der Waals surface area contributed by atoms with E-state index in [4.69, 9.17) is 18.9 Å². The largest absolute Gasteiger partial charge is 0.475 e. The van der Waals surface area contributed by atoms with Crippen LogP contribution in [0.3, 0.4) is 0 Å². The molecule has 0 atom stereocenters. The maximum Gasteiger partial charge on any atom is 0.320 e. The fourth-order valence-electron chi connectivity index (χ4n) is 1.64. The molecule has 20 heavy (non-hydrogen) atoms. The first kappa shape index (κ1) is 14.5. The zero-order chi connectivity index (χ0) is 14.2. The Balaban J connectivity index is 2.21. The molecule has 0 fully saturated rings. The van der Waals surface area contributed by atoms with Crippen LogP contribution in [0.4, 0.5) is 0 Å². The SMILES string of the molecule is COCCOc1nc(OCCOC)c2ccccc2n1. The highest BCUT2D eigenvalue weighted by molar-refractivity contribution is 5.83. The summed E-state index contributed by atoms with van der Waals surface area (Å²) >= 11 is 0. The first-order valence-corrected chi connectivity index (χ1v) is 6.35. The lowest BCUT2D eigenvalue weighted by atomic mass is 10.2. The molecule has 6 heteroatoms. The Labute approximate surface area is 117 Å². The van der Waals surface area contributed by atoms with E-state index in [1.807, 2.05) is 24.3 Å². The molecule has 108 valence electrons. The van der Waals surface area contributed by atoms with Crippen LogP contribution in [0.1, 0.15) is 0 Å². The summed E-state index contributed by atoms with van der Waals surface area (Å²) in [5.41, 5.74) is 0.780. The van der Waals surface area contributed by atoms with Gasteiger partial charge in [-0.15, -0.1) is 0 Å². The molecule has 0 aliphatic rings. The zero-order valence-electron chi connectivity index (χ0n) is 11.7. The molecule has 0 spiro atoms. The molecule has 0 amide bonds. The van der Waals surface area contributed by atoms with Crippen LogP contribution in [-0.2, 0) is 9.47 Å². The van der Waals surface area contributed by atoms with E-state index in [1.165, 1.54) is 0 Å².